The molecule has 5 nitrogen and oxygen atoms in total. The van der Waals surface area contributed by atoms with Gasteiger partial charge in [-0.3, -0.25) is 0 Å². The molecule has 0 N–H and O–H groups in total. The molecular formula is C18H13FN4O. The van der Waals surface area contributed by atoms with Gasteiger partial charge < -0.3 is 9.32 Å². The molecule has 6 heteroatoms. The highest BCUT2D eigenvalue weighted by Gasteiger charge is 2.23. The quantitative estimate of drug-likeness (QED) is 0.725. The van der Waals surface area contributed by atoms with E-state index in [0.717, 1.165) is 23.8 Å². The smallest absolute Gasteiger partial charge is 0.226 e. The summed E-state index contributed by atoms with van der Waals surface area (Å²) >= 11 is 0. The lowest BCUT2D eigenvalue weighted by molar-refractivity contribution is 0.498. The number of rotatable bonds is 2. The first kappa shape index (κ1) is 14.4. The molecule has 1 aliphatic heterocycles. The van der Waals surface area contributed by atoms with Crippen molar-refractivity contribution in [3.05, 3.63) is 65.4 Å². The van der Waals surface area contributed by atoms with Crippen LogP contribution in [0.2, 0.25) is 0 Å². The maximum atomic E-state index is 13.6. The van der Waals surface area contributed by atoms with Crippen LogP contribution in [-0.4, -0.2) is 16.5 Å². The van der Waals surface area contributed by atoms with Crippen molar-refractivity contribution in [2.75, 3.05) is 11.4 Å². The Balaban J connectivity index is 1.66. The molecule has 118 valence electrons. The van der Waals surface area contributed by atoms with Crippen molar-refractivity contribution in [2.45, 2.75) is 13.0 Å². The Bertz CT molecular complexity index is 930. The van der Waals surface area contributed by atoms with Crippen LogP contribution in [0.15, 0.2) is 47.0 Å². The lowest BCUT2D eigenvalue weighted by Gasteiger charge is -2.26. The molecule has 0 saturated carbocycles. The van der Waals surface area contributed by atoms with Gasteiger partial charge in [-0.05, 0) is 30.3 Å². The zero-order valence-electron chi connectivity index (χ0n) is 12.7. The van der Waals surface area contributed by atoms with Gasteiger partial charge in [0.05, 0.1) is 18.2 Å². The van der Waals surface area contributed by atoms with Gasteiger partial charge in [-0.25, -0.2) is 14.4 Å². The van der Waals surface area contributed by atoms with E-state index in [0.29, 0.717) is 24.4 Å². The van der Waals surface area contributed by atoms with Crippen molar-refractivity contribution >= 4 is 5.82 Å². The van der Waals surface area contributed by atoms with E-state index in [4.69, 9.17) is 9.68 Å². The summed E-state index contributed by atoms with van der Waals surface area (Å²) in [6.45, 7) is 1.38. The monoisotopic (exact) mass is 320 g/mol. The van der Waals surface area contributed by atoms with Gasteiger partial charge in [0.15, 0.2) is 0 Å². The molecule has 0 atom stereocenters. The van der Waals surface area contributed by atoms with Crippen LogP contribution in [-0.2, 0) is 13.0 Å². The first-order chi connectivity index (χ1) is 11.7. The Morgan fingerprint density at radius 2 is 2.17 bits per heavy atom. The minimum atomic E-state index is -0.477. The minimum absolute atomic E-state index is 0.247. The van der Waals surface area contributed by atoms with Crippen LogP contribution in [0.4, 0.5) is 10.2 Å². The highest BCUT2D eigenvalue weighted by molar-refractivity contribution is 5.57. The van der Waals surface area contributed by atoms with E-state index in [-0.39, 0.29) is 5.56 Å². The number of oxazole rings is 1. The second-order valence-electron chi connectivity index (χ2n) is 5.59. The number of nitriles is 1. The van der Waals surface area contributed by atoms with Crippen LogP contribution in [0.3, 0.4) is 0 Å². The van der Waals surface area contributed by atoms with E-state index in [9.17, 15) is 4.39 Å². The van der Waals surface area contributed by atoms with E-state index in [2.05, 4.69) is 14.9 Å². The summed E-state index contributed by atoms with van der Waals surface area (Å²) in [7, 11) is 0. The highest BCUT2D eigenvalue weighted by atomic mass is 19.1. The molecule has 0 spiro atoms. The third-order valence-electron chi connectivity index (χ3n) is 3.97. The van der Waals surface area contributed by atoms with Gasteiger partial charge in [0.25, 0.3) is 0 Å². The average molecular weight is 320 g/mol. The highest BCUT2D eigenvalue weighted by Crippen LogP contribution is 2.28. The van der Waals surface area contributed by atoms with Crippen LogP contribution < -0.4 is 4.90 Å². The van der Waals surface area contributed by atoms with Crippen molar-refractivity contribution in [3.63, 3.8) is 0 Å². The molecule has 1 aromatic carbocycles. The van der Waals surface area contributed by atoms with Crippen LogP contribution in [0, 0.1) is 17.1 Å². The van der Waals surface area contributed by atoms with Crippen LogP contribution in [0.25, 0.3) is 11.5 Å². The molecule has 24 heavy (non-hydrogen) atoms. The van der Waals surface area contributed by atoms with E-state index in [1.165, 1.54) is 12.1 Å². The summed E-state index contributed by atoms with van der Waals surface area (Å²) in [4.78, 5) is 11.0. The third kappa shape index (κ3) is 2.61. The second kappa shape index (κ2) is 5.78. The number of pyridine rings is 1. The van der Waals surface area contributed by atoms with Crippen molar-refractivity contribution in [2.24, 2.45) is 0 Å². The molecule has 0 aliphatic carbocycles. The third-order valence-corrected chi connectivity index (χ3v) is 3.97. The number of anilines is 1. The Hall–Kier alpha value is -3.20. The largest absolute Gasteiger partial charge is 0.441 e. The summed E-state index contributed by atoms with van der Waals surface area (Å²) in [6, 6.07) is 11.8. The number of benzene rings is 1. The zero-order chi connectivity index (χ0) is 16.5. The SMILES string of the molecule is N#Cc1cc(F)cc(-c2nc3c(o2)CCN(c2ccccn2)C3)c1. The van der Waals surface area contributed by atoms with Crippen molar-refractivity contribution in [1.29, 1.82) is 5.26 Å². The van der Waals surface area contributed by atoms with Crippen molar-refractivity contribution in [3.8, 4) is 17.5 Å². The minimum Gasteiger partial charge on any atom is -0.441 e. The van der Waals surface area contributed by atoms with E-state index in [1.807, 2.05) is 24.3 Å². The molecule has 0 amide bonds. The van der Waals surface area contributed by atoms with Gasteiger partial charge in [-0.1, -0.05) is 6.07 Å². The van der Waals surface area contributed by atoms with Gasteiger partial charge in [0, 0.05) is 24.7 Å². The van der Waals surface area contributed by atoms with Crippen LogP contribution in [0.5, 0.6) is 0 Å². The van der Waals surface area contributed by atoms with Gasteiger partial charge in [0.2, 0.25) is 5.89 Å². The number of hydrogen-bond acceptors (Lipinski definition) is 5. The van der Waals surface area contributed by atoms with E-state index >= 15 is 0 Å². The molecule has 0 unspecified atom stereocenters. The molecule has 0 radical (unpaired) electrons. The molecule has 1 aliphatic rings. The molecule has 0 saturated heterocycles. The predicted molar refractivity (Wildman–Crippen MR) is 85.6 cm³/mol. The fourth-order valence-electron chi connectivity index (χ4n) is 2.84. The lowest BCUT2D eigenvalue weighted by atomic mass is 10.1. The summed E-state index contributed by atoms with van der Waals surface area (Å²) in [6.07, 6.45) is 2.47. The zero-order valence-corrected chi connectivity index (χ0v) is 12.7. The molecule has 2 aromatic heterocycles. The Kier molecular flexibility index (Phi) is 3.47. The van der Waals surface area contributed by atoms with Gasteiger partial charge in [-0.2, -0.15) is 5.26 Å². The molecule has 0 bridgehead atoms. The van der Waals surface area contributed by atoms with Crippen LogP contribution in [0.1, 0.15) is 17.0 Å². The van der Waals surface area contributed by atoms with Gasteiger partial charge in [-0.15, -0.1) is 0 Å². The van der Waals surface area contributed by atoms with Gasteiger partial charge in [0.1, 0.15) is 23.1 Å². The summed E-state index contributed by atoms with van der Waals surface area (Å²) in [5, 5.41) is 8.98. The van der Waals surface area contributed by atoms with Crippen molar-refractivity contribution in [1.82, 2.24) is 9.97 Å². The molecule has 3 aromatic rings. The number of hydrogen-bond donors (Lipinski definition) is 0. The number of fused-ring (bicyclic) bond motifs is 1. The molecular weight excluding hydrogens is 307 g/mol. The molecule has 4 rings (SSSR count). The standard InChI is InChI=1S/C18H13FN4O/c19-14-8-12(10-20)7-13(9-14)18-22-15-11-23(6-4-16(15)24-18)17-3-1-2-5-21-17/h1-3,5,7-9H,4,6,11H2. The molecule has 3 heterocycles. The molecule has 0 fully saturated rings. The Labute approximate surface area is 138 Å². The lowest BCUT2D eigenvalue weighted by Crippen LogP contribution is -2.30. The number of halogens is 1. The topological polar surface area (TPSA) is 66.0 Å². The average Bonchev–Trinajstić information content (AvgIpc) is 3.05. The number of aromatic nitrogens is 2. The normalized spacial score (nSPS) is 13.4. The summed E-state index contributed by atoms with van der Waals surface area (Å²) in [5.41, 5.74) is 1.55. The van der Waals surface area contributed by atoms with E-state index in [1.54, 1.807) is 12.3 Å². The summed E-state index contributed by atoms with van der Waals surface area (Å²) < 4.78 is 19.4. The summed E-state index contributed by atoms with van der Waals surface area (Å²) in [5.74, 6) is 1.57. The second-order valence-corrected chi connectivity index (χ2v) is 5.59. The van der Waals surface area contributed by atoms with E-state index < -0.39 is 5.82 Å². The number of nitrogens with zero attached hydrogens (tertiary/aromatic N) is 4. The Morgan fingerprint density at radius 1 is 1.25 bits per heavy atom. The van der Waals surface area contributed by atoms with Crippen LogP contribution >= 0.6 is 0 Å². The first-order valence-electron chi connectivity index (χ1n) is 7.58. The first-order valence-corrected chi connectivity index (χ1v) is 7.58. The predicted octanol–water partition coefficient (Wildman–Crippen LogP) is 3.31. The maximum absolute atomic E-state index is 13.6. The maximum Gasteiger partial charge on any atom is 0.226 e. The fraction of sp³-hybridized carbons (Fsp3) is 0.167. The Morgan fingerprint density at radius 3 is 2.96 bits per heavy atom. The van der Waals surface area contributed by atoms with Gasteiger partial charge >= 0.3 is 0 Å². The fourth-order valence-corrected chi connectivity index (χ4v) is 2.84. The van der Waals surface area contributed by atoms with Crippen molar-refractivity contribution < 1.29 is 8.81 Å².